The van der Waals surface area contributed by atoms with Crippen molar-refractivity contribution in [1.29, 1.82) is 0 Å². The molecule has 1 amide bonds. The van der Waals surface area contributed by atoms with Crippen molar-refractivity contribution in [3.05, 3.63) is 48.6 Å². The van der Waals surface area contributed by atoms with E-state index in [0.29, 0.717) is 6.61 Å². The molecule has 1 unspecified atom stereocenters. The predicted octanol–water partition coefficient (Wildman–Crippen LogP) is 3.02. The molecule has 0 aliphatic carbocycles. The van der Waals surface area contributed by atoms with Crippen LogP contribution >= 0.6 is 0 Å². The van der Waals surface area contributed by atoms with Gasteiger partial charge in [-0.2, -0.15) is 0 Å². The van der Waals surface area contributed by atoms with Crippen LogP contribution in [-0.4, -0.2) is 30.2 Å². The zero-order chi connectivity index (χ0) is 12.8. The molecule has 1 heterocycles. The van der Waals surface area contributed by atoms with Crippen LogP contribution in [0.2, 0.25) is 0 Å². The Bertz CT molecular complexity index is 402. The number of hydrogen-bond donors (Lipinski definition) is 0. The molecule has 0 spiro atoms. The minimum atomic E-state index is -0.181. The summed E-state index contributed by atoms with van der Waals surface area (Å²) < 4.78 is 5.14. The van der Waals surface area contributed by atoms with Gasteiger partial charge in [-0.05, 0) is 24.8 Å². The van der Waals surface area contributed by atoms with Crippen LogP contribution in [0, 0.1) is 0 Å². The Balaban J connectivity index is 1.94. The topological polar surface area (TPSA) is 29.5 Å². The molecule has 3 nitrogen and oxygen atoms in total. The second-order valence-electron chi connectivity index (χ2n) is 4.54. The number of allylic oxidation sites excluding steroid dienone is 1. The second kappa shape index (κ2) is 6.24. The fraction of sp³-hybridized carbons (Fsp3) is 0.400. The van der Waals surface area contributed by atoms with Gasteiger partial charge in [-0.3, -0.25) is 0 Å². The van der Waals surface area contributed by atoms with Crippen molar-refractivity contribution in [2.24, 2.45) is 0 Å². The summed E-state index contributed by atoms with van der Waals surface area (Å²) in [6, 6.07) is 10.4. The lowest BCUT2D eigenvalue weighted by atomic mass is 10.1. The zero-order valence-corrected chi connectivity index (χ0v) is 10.5. The van der Waals surface area contributed by atoms with Crippen LogP contribution in [0.5, 0.6) is 0 Å². The van der Waals surface area contributed by atoms with E-state index in [1.54, 1.807) is 0 Å². The van der Waals surface area contributed by atoms with Gasteiger partial charge >= 0.3 is 6.09 Å². The van der Waals surface area contributed by atoms with Gasteiger partial charge in [0.25, 0.3) is 0 Å². The van der Waals surface area contributed by atoms with Crippen molar-refractivity contribution >= 4 is 6.09 Å². The van der Waals surface area contributed by atoms with Gasteiger partial charge in [-0.15, -0.1) is 6.58 Å². The molecule has 96 valence electrons. The van der Waals surface area contributed by atoms with E-state index in [1.807, 2.05) is 29.2 Å². The fourth-order valence-electron chi connectivity index (χ4n) is 2.22. The number of benzene rings is 1. The molecule has 1 saturated heterocycles. The van der Waals surface area contributed by atoms with Crippen molar-refractivity contribution < 1.29 is 9.53 Å². The van der Waals surface area contributed by atoms with Gasteiger partial charge in [-0.25, -0.2) is 4.79 Å². The van der Waals surface area contributed by atoms with Gasteiger partial charge in [0.05, 0.1) is 6.04 Å². The van der Waals surface area contributed by atoms with Gasteiger partial charge in [-0.1, -0.05) is 36.4 Å². The number of cyclic esters (lactones) is 1. The molecule has 3 heteroatoms. The number of amides is 1. The minimum Gasteiger partial charge on any atom is -0.447 e. The molecular weight excluding hydrogens is 226 g/mol. The van der Waals surface area contributed by atoms with Gasteiger partial charge in [0.1, 0.15) is 6.61 Å². The summed E-state index contributed by atoms with van der Waals surface area (Å²) in [7, 11) is 0. The summed E-state index contributed by atoms with van der Waals surface area (Å²) in [5.74, 6) is 0. The molecule has 2 rings (SSSR count). The number of carbonyl (C=O) groups is 1. The Morgan fingerprint density at radius 1 is 1.39 bits per heavy atom. The molecule has 1 atom stereocenters. The number of rotatable bonds is 6. The Hall–Kier alpha value is -1.77. The van der Waals surface area contributed by atoms with E-state index in [1.165, 1.54) is 5.56 Å². The van der Waals surface area contributed by atoms with Crippen molar-refractivity contribution in [3.8, 4) is 0 Å². The third-order valence-corrected chi connectivity index (χ3v) is 3.20. The lowest BCUT2D eigenvalue weighted by molar-refractivity contribution is 0.157. The summed E-state index contributed by atoms with van der Waals surface area (Å²) in [5, 5.41) is 0. The van der Waals surface area contributed by atoms with Crippen molar-refractivity contribution in [1.82, 2.24) is 4.90 Å². The first-order chi connectivity index (χ1) is 8.81. The Morgan fingerprint density at radius 2 is 2.17 bits per heavy atom. The average molecular weight is 245 g/mol. The Labute approximate surface area is 108 Å². The normalized spacial score (nSPS) is 18.8. The van der Waals surface area contributed by atoms with Crippen LogP contribution in [0.15, 0.2) is 43.0 Å². The van der Waals surface area contributed by atoms with Crippen LogP contribution < -0.4 is 0 Å². The Morgan fingerprint density at radius 3 is 2.89 bits per heavy atom. The lowest BCUT2D eigenvalue weighted by Gasteiger charge is -2.21. The first-order valence-electron chi connectivity index (χ1n) is 6.39. The molecule has 0 N–H and O–H groups in total. The molecule has 1 aromatic rings. The first-order valence-corrected chi connectivity index (χ1v) is 6.39. The molecule has 0 bridgehead atoms. The van der Waals surface area contributed by atoms with Crippen LogP contribution in [0.3, 0.4) is 0 Å². The highest BCUT2D eigenvalue weighted by atomic mass is 16.6. The SMILES string of the molecule is C=CCCCN1C(=O)OCC1Cc1ccccc1. The molecule has 1 fully saturated rings. The van der Waals surface area contributed by atoms with Crippen molar-refractivity contribution in [3.63, 3.8) is 0 Å². The van der Waals surface area contributed by atoms with Gasteiger partial charge < -0.3 is 9.64 Å². The van der Waals surface area contributed by atoms with E-state index >= 15 is 0 Å². The summed E-state index contributed by atoms with van der Waals surface area (Å²) in [6.07, 6.45) is 4.44. The lowest BCUT2D eigenvalue weighted by Crippen LogP contribution is -2.35. The number of carbonyl (C=O) groups excluding carboxylic acids is 1. The summed E-state index contributed by atoms with van der Waals surface area (Å²) >= 11 is 0. The molecule has 1 aromatic carbocycles. The summed E-state index contributed by atoms with van der Waals surface area (Å²) in [4.78, 5) is 13.5. The summed E-state index contributed by atoms with van der Waals surface area (Å²) in [6.45, 7) is 4.95. The molecule has 1 aliphatic rings. The van der Waals surface area contributed by atoms with Crippen molar-refractivity contribution in [2.75, 3.05) is 13.2 Å². The van der Waals surface area contributed by atoms with Crippen molar-refractivity contribution in [2.45, 2.75) is 25.3 Å². The number of nitrogens with zero attached hydrogens (tertiary/aromatic N) is 1. The first kappa shape index (κ1) is 12.7. The highest BCUT2D eigenvalue weighted by Gasteiger charge is 2.32. The van der Waals surface area contributed by atoms with E-state index in [4.69, 9.17) is 4.74 Å². The van der Waals surface area contributed by atoms with Crippen LogP contribution in [0.4, 0.5) is 4.79 Å². The third-order valence-electron chi connectivity index (χ3n) is 3.20. The van der Waals surface area contributed by atoms with Crippen LogP contribution in [0.25, 0.3) is 0 Å². The maximum atomic E-state index is 11.6. The fourth-order valence-corrected chi connectivity index (χ4v) is 2.22. The van der Waals surface area contributed by atoms with Gasteiger partial charge in [0.2, 0.25) is 0 Å². The molecule has 0 saturated carbocycles. The number of unbranched alkanes of at least 4 members (excludes halogenated alkanes) is 1. The Kier molecular flexibility index (Phi) is 4.40. The van der Waals surface area contributed by atoms with E-state index in [0.717, 1.165) is 25.8 Å². The van der Waals surface area contributed by atoms with E-state index in [9.17, 15) is 4.79 Å². The average Bonchev–Trinajstić information content (AvgIpc) is 2.73. The maximum absolute atomic E-state index is 11.6. The zero-order valence-electron chi connectivity index (χ0n) is 10.5. The second-order valence-corrected chi connectivity index (χ2v) is 4.54. The van der Waals surface area contributed by atoms with E-state index in [2.05, 4.69) is 18.7 Å². The predicted molar refractivity (Wildman–Crippen MR) is 71.4 cm³/mol. The van der Waals surface area contributed by atoms with E-state index in [-0.39, 0.29) is 12.1 Å². The monoisotopic (exact) mass is 245 g/mol. The number of hydrogen-bond acceptors (Lipinski definition) is 2. The molecular formula is C15H19NO2. The largest absolute Gasteiger partial charge is 0.447 e. The molecule has 0 aromatic heterocycles. The van der Waals surface area contributed by atoms with E-state index < -0.39 is 0 Å². The molecule has 18 heavy (non-hydrogen) atoms. The smallest absolute Gasteiger partial charge is 0.410 e. The van der Waals surface area contributed by atoms with Crippen LogP contribution in [0.1, 0.15) is 18.4 Å². The van der Waals surface area contributed by atoms with Gasteiger partial charge in [0.15, 0.2) is 0 Å². The standard InChI is InChI=1S/C15H19NO2/c1-2-3-7-10-16-14(12-18-15(16)17)11-13-8-5-4-6-9-13/h2,4-6,8-9,14H,1,3,7,10-12H2. The molecule has 0 radical (unpaired) electrons. The highest BCUT2D eigenvalue weighted by Crippen LogP contribution is 2.17. The van der Waals surface area contributed by atoms with Crippen LogP contribution in [-0.2, 0) is 11.2 Å². The molecule has 1 aliphatic heterocycles. The minimum absolute atomic E-state index is 0.171. The quantitative estimate of drug-likeness (QED) is 0.569. The number of ether oxygens (including phenoxy) is 1. The summed E-state index contributed by atoms with van der Waals surface area (Å²) in [5.41, 5.74) is 1.24. The van der Waals surface area contributed by atoms with Gasteiger partial charge in [0, 0.05) is 6.54 Å². The third kappa shape index (κ3) is 3.13. The highest BCUT2D eigenvalue weighted by molar-refractivity contribution is 5.70. The maximum Gasteiger partial charge on any atom is 0.410 e.